The summed E-state index contributed by atoms with van der Waals surface area (Å²) in [6.07, 6.45) is 4.69. The summed E-state index contributed by atoms with van der Waals surface area (Å²) in [6.45, 7) is 0.933. The quantitative estimate of drug-likeness (QED) is 0.811. The third-order valence-electron chi connectivity index (χ3n) is 3.36. The van der Waals surface area contributed by atoms with Gasteiger partial charge in [-0.3, -0.25) is 4.98 Å². The van der Waals surface area contributed by atoms with Gasteiger partial charge in [0.05, 0.1) is 12.1 Å². The fourth-order valence-electron chi connectivity index (χ4n) is 2.37. The maximum atomic E-state index is 11.7. The molecule has 1 aliphatic heterocycles. The Labute approximate surface area is 115 Å². The fraction of sp³-hybridized carbons (Fsp3) is 0.333. The summed E-state index contributed by atoms with van der Waals surface area (Å²) in [6, 6.07) is 2.94. The number of amides is 2. The van der Waals surface area contributed by atoms with Gasteiger partial charge < -0.3 is 20.5 Å². The van der Waals surface area contributed by atoms with Gasteiger partial charge in [0.25, 0.3) is 0 Å². The summed E-state index contributed by atoms with van der Waals surface area (Å²) >= 11 is 0. The number of aromatic nitrogens is 3. The summed E-state index contributed by atoms with van der Waals surface area (Å²) in [5, 5.41) is 7.08. The van der Waals surface area contributed by atoms with Crippen LogP contribution in [0.1, 0.15) is 23.5 Å². The van der Waals surface area contributed by atoms with Crippen LogP contribution in [-0.2, 0) is 0 Å². The number of nitrogens with one attached hydrogen (secondary N) is 1. The van der Waals surface area contributed by atoms with Gasteiger partial charge in [0.15, 0.2) is 5.82 Å². The Morgan fingerprint density at radius 3 is 3.10 bits per heavy atom. The molecule has 8 heteroatoms. The maximum Gasteiger partial charge on any atom is 0.315 e. The third-order valence-corrected chi connectivity index (χ3v) is 3.36. The van der Waals surface area contributed by atoms with E-state index in [1.165, 1.54) is 6.39 Å². The molecule has 3 heterocycles. The number of hydrogen-bond donors (Lipinski definition) is 2. The highest BCUT2D eigenvalue weighted by Crippen LogP contribution is 2.26. The lowest BCUT2D eigenvalue weighted by Gasteiger charge is -2.38. The molecule has 2 aromatic heterocycles. The SMILES string of the molecule is NC(=O)N1CC(c2ncon2)NCC1c1cccnc1. The van der Waals surface area contributed by atoms with E-state index in [-0.39, 0.29) is 12.1 Å². The number of piperazine rings is 1. The Morgan fingerprint density at radius 2 is 2.45 bits per heavy atom. The number of carbonyl (C=O) groups is 1. The van der Waals surface area contributed by atoms with E-state index in [0.29, 0.717) is 18.9 Å². The molecule has 0 aromatic carbocycles. The number of rotatable bonds is 2. The third kappa shape index (κ3) is 2.32. The van der Waals surface area contributed by atoms with Gasteiger partial charge in [-0.25, -0.2) is 4.79 Å². The zero-order valence-electron chi connectivity index (χ0n) is 10.6. The number of urea groups is 1. The van der Waals surface area contributed by atoms with Gasteiger partial charge >= 0.3 is 6.03 Å². The van der Waals surface area contributed by atoms with E-state index >= 15 is 0 Å². The van der Waals surface area contributed by atoms with Crippen molar-refractivity contribution in [2.45, 2.75) is 12.1 Å². The van der Waals surface area contributed by atoms with Gasteiger partial charge in [-0.1, -0.05) is 11.2 Å². The number of hydrogen-bond acceptors (Lipinski definition) is 6. The Morgan fingerprint density at radius 1 is 1.55 bits per heavy atom. The van der Waals surface area contributed by atoms with E-state index in [1.807, 2.05) is 12.1 Å². The highest BCUT2D eigenvalue weighted by Gasteiger charge is 2.33. The largest absolute Gasteiger partial charge is 0.351 e. The molecule has 0 saturated carbocycles. The van der Waals surface area contributed by atoms with Crippen molar-refractivity contribution in [2.75, 3.05) is 13.1 Å². The lowest BCUT2D eigenvalue weighted by atomic mass is 10.0. The summed E-state index contributed by atoms with van der Waals surface area (Å²) in [4.78, 5) is 21.4. The van der Waals surface area contributed by atoms with Crippen LogP contribution in [0, 0.1) is 0 Å². The van der Waals surface area contributed by atoms with E-state index in [0.717, 1.165) is 5.56 Å². The van der Waals surface area contributed by atoms with Crippen molar-refractivity contribution >= 4 is 6.03 Å². The highest BCUT2D eigenvalue weighted by molar-refractivity contribution is 5.73. The van der Waals surface area contributed by atoms with Gasteiger partial charge in [-0.05, 0) is 11.6 Å². The normalized spacial score (nSPS) is 22.7. The first-order valence-electron chi connectivity index (χ1n) is 6.21. The van der Waals surface area contributed by atoms with Crippen LogP contribution in [0.2, 0.25) is 0 Å². The number of nitrogens with two attached hydrogens (primary N) is 1. The minimum atomic E-state index is -0.478. The van der Waals surface area contributed by atoms with E-state index in [4.69, 9.17) is 10.3 Å². The van der Waals surface area contributed by atoms with Gasteiger partial charge in [0, 0.05) is 25.5 Å². The first-order chi connectivity index (χ1) is 9.75. The van der Waals surface area contributed by atoms with Crippen LogP contribution in [0.4, 0.5) is 4.79 Å². The summed E-state index contributed by atoms with van der Waals surface area (Å²) in [7, 11) is 0. The minimum Gasteiger partial charge on any atom is -0.351 e. The Bertz CT molecular complexity index is 573. The molecule has 0 spiro atoms. The summed E-state index contributed by atoms with van der Waals surface area (Å²) in [5.41, 5.74) is 6.42. The predicted octanol–water partition coefficient (Wildman–Crippen LogP) is 0.231. The van der Waals surface area contributed by atoms with Crippen LogP contribution in [0.5, 0.6) is 0 Å². The van der Waals surface area contributed by atoms with Crippen LogP contribution >= 0.6 is 0 Å². The van der Waals surface area contributed by atoms with Crippen LogP contribution in [-0.4, -0.2) is 39.1 Å². The van der Waals surface area contributed by atoms with Gasteiger partial charge in [0.1, 0.15) is 0 Å². The molecule has 0 radical (unpaired) electrons. The molecule has 3 rings (SSSR count). The fourth-order valence-corrected chi connectivity index (χ4v) is 2.37. The molecule has 0 aliphatic carbocycles. The molecule has 2 amide bonds. The zero-order valence-corrected chi connectivity index (χ0v) is 10.6. The maximum absolute atomic E-state index is 11.7. The van der Waals surface area contributed by atoms with E-state index in [2.05, 4.69) is 20.4 Å². The summed E-state index contributed by atoms with van der Waals surface area (Å²) < 4.78 is 4.73. The van der Waals surface area contributed by atoms with Crippen LogP contribution in [0.3, 0.4) is 0 Å². The average Bonchev–Trinajstić information content (AvgIpc) is 3.02. The molecule has 3 N–H and O–H groups in total. The van der Waals surface area contributed by atoms with Crippen molar-refractivity contribution in [1.82, 2.24) is 25.3 Å². The second kappa shape index (κ2) is 5.25. The van der Waals surface area contributed by atoms with Crippen molar-refractivity contribution in [3.05, 3.63) is 42.3 Å². The number of nitrogens with zero attached hydrogens (tertiary/aromatic N) is 4. The molecule has 20 heavy (non-hydrogen) atoms. The zero-order chi connectivity index (χ0) is 13.9. The number of primary amides is 1. The smallest absolute Gasteiger partial charge is 0.315 e. The first-order valence-corrected chi connectivity index (χ1v) is 6.21. The molecule has 8 nitrogen and oxygen atoms in total. The molecule has 2 atom stereocenters. The molecule has 1 saturated heterocycles. The van der Waals surface area contributed by atoms with Crippen molar-refractivity contribution < 1.29 is 9.32 Å². The second-order valence-electron chi connectivity index (χ2n) is 4.54. The van der Waals surface area contributed by atoms with Crippen molar-refractivity contribution in [3.63, 3.8) is 0 Å². The van der Waals surface area contributed by atoms with Crippen LogP contribution in [0.15, 0.2) is 35.4 Å². The minimum absolute atomic E-state index is 0.149. The lowest BCUT2D eigenvalue weighted by Crippen LogP contribution is -2.52. The monoisotopic (exact) mass is 274 g/mol. The average molecular weight is 274 g/mol. The highest BCUT2D eigenvalue weighted by atomic mass is 16.5. The van der Waals surface area contributed by atoms with Gasteiger partial charge in [0.2, 0.25) is 6.39 Å². The van der Waals surface area contributed by atoms with Crippen molar-refractivity contribution in [3.8, 4) is 0 Å². The molecule has 2 aromatic rings. The van der Waals surface area contributed by atoms with E-state index in [1.54, 1.807) is 17.3 Å². The predicted molar refractivity (Wildman–Crippen MR) is 68.3 cm³/mol. The van der Waals surface area contributed by atoms with Crippen molar-refractivity contribution in [2.24, 2.45) is 5.73 Å². The van der Waals surface area contributed by atoms with Crippen molar-refractivity contribution in [1.29, 1.82) is 0 Å². The molecule has 1 fully saturated rings. The van der Waals surface area contributed by atoms with Gasteiger partial charge in [-0.2, -0.15) is 4.98 Å². The first kappa shape index (κ1) is 12.5. The standard InChI is InChI=1S/C12H14N6O2/c13-12(19)18-6-9(11-16-7-20-17-11)15-5-10(18)8-2-1-3-14-4-8/h1-4,7,9-10,15H,5-6H2,(H2,13,19). The van der Waals surface area contributed by atoms with Crippen LogP contribution in [0.25, 0.3) is 0 Å². The van der Waals surface area contributed by atoms with Crippen LogP contribution < -0.4 is 11.1 Å². The Kier molecular flexibility index (Phi) is 3.30. The molecular weight excluding hydrogens is 260 g/mol. The number of pyridine rings is 1. The number of carbonyl (C=O) groups excluding carboxylic acids is 1. The molecule has 1 aliphatic rings. The van der Waals surface area contributed by atoms with E-state index in [9.17, 15) is 4.79 Å². The second-order valence-corrected chi connectivity index (χ2v) is 4.54. The Hall–Kier alpha value is -2.48. The Balaban J connectivity index is 1.83. The lowest BCUT2D eigenvalue weighted by molar-refractivity contribution is 0.144. The molecule has 104 valence electrons. The molecular formula is C12H14N6O2. The van der Waals surface area contributed by atoms with E-state index < -0.39 is 6.03 Å². The molecule has 2 unspecified atom stereocenters. The van der Waals surface area contributed by atoms with Gasteiger partial charge in [-0.15, -0.1) is 0 Å². The topological polar surface area (TPSA) is 110 Å². The molecule has 0 bridgehead atoms. The summed E-state index contributed by atoms with van der Waals surface area (Å²) in [5.74, 6) is 0.515.